The second-order valence-corrected chi connectivity index (χ2v) is 10.1. The molecule has 0 saturated carbocycles. The van der Waals surface area contributed by atoms with Crippen LogP contribution in [0.4, 0.5) is 4.79 Å². The van der Waals surface area contributed by atoms with Crippen molar-refractivity contribution >= 4 is 17.9 Å². The molecule has 3 amide bonds. The van der Waals surface area contributed by atoms with E-state index in [1.165, 1.54) is 0 Å². The Morgan fingerprint density at radius 1 is 1.03 bits per heavy atom. The van der Waals surface area contributed by atoms with Crippen molar-refractivity contribution in [2.75, 3.05) is 46.3 Å². The average Bonchev–Trinajstić information content (AvgIpc) is 2.88. The van der Waals surface area contributed by atoms with Crippen molar-refractivity contribution in [2.24, 2.45) is 5.92 Å². The van der Waals surface area contributed by atoms with Gasteiger partial charge < -0.3 is 35.6 Å². The minimum Gasteiger partial charge on any atom is -0.445 e. The van der Waals surface area contributed by atoms with Gasteiger partial charge in [-0.05, 0) is 44.3 Å². The van der Waals surface area contributed by atoms with Crippen LogP contribution in [-0.2, 0) is 20.9 Å². The van der Waals surface area contributed by atoms with Crippen molar-refractivity contribution in [3.63, 3.8) is 0 Å². The second-order valence-electron chi connectivity index (χ2n) is 10.1. The smallest absolute Gasteiger partial charge is 0.408 e. The van der Waals surface area contributed by atoms with E-state index in [0.29, 0.717) is 19.4 Å². The van der Waals surface area contributed by atoms with Gasteiger partial charge >= 0.3 is 6.09 Å². The van der Waals surface area contributed by atoms with Gasteiger partial charge in [-0.2, -0.15) is 0 Å². The highest BCUT2D eigenvalue weighted by molar-refractivity contribution is 5.87. The first-order valence-electron chi connectivity index (χ1n) is 13.3. The lowest BCUT2D eigenvalue weighted by atomic mass is 10.0. The third-order valence-corrected chi connectivity index (χ3v) is 6.49. The lowest BCUT2D eigenvalue weighted by Gasteiger charge is -2.32. The molecule has 0 bridgehead atoms. The summed E-state index contributed by atoms with van der Waals surface area (Å²) in [6.07, 6.45) is -0.554. The van der Waals surface area contributed by atoms with Crippen LogP contribution in [0.2, 0.25) is 0 Å². The quantitative estimate of drug-likeness (QED) is 0.274. The SMILES string of the molecule is CC[C@H](NC(=O)[C@H](CC(C)C)NC(=O)OCc1ccccc1)[C@H](O)C(=O)NCCCN1CCN(C)CC1. The van der Waals surface area contributed by atoms with E-state index in [1.807, 2.05) is 44.2 Å². The molecule has 0 aromatic heterocycles. The molecule has 208 valence electrons. The maximum absolute atomic E-state index is 13.0. The first-order valence-corrected chi connectivity index (χ1v) is 13.3. The molecule has 1 aliphatic rings. The summed E-state index contributed by atoms with van der Waals surface area (Å²) in [7, 11) is 2.11. The average molecular weight is 520 g/mol. The van der Waals surface area contributed by atoms with Gasteiger partial charge in [0.1, 0.15) is 12.6 Å². The van der Waals surface area contributed by atoms with Gasteiger partial charge in [-0.1, -0.05) is 51.1 Å². The molecule has 0 unspecified atom stereocenters. The third-order valence-electron chi connectivity index (χ3n) is 6.49. The summed E-state index contributed by atoms with van der Waals surface area (Å²) < 4.78 is 5.26. The number of likely N-dealkylation sites (N-methyl/N-ethyl adjacent to an activating group) is 1. The summed E-state index contributed by atoms with van der Waals surface area (Å²) in [4.78, 5) is 42.6. The van der Waals surface area contributed by atoms with Crippen LogP contribution in [0.25, 0.3) is 0 Å². The van der Waals surface area contributed by atoms with Gasteiger partial charge in [-0.15, -0.1) is 0 Å². The summed E-state index contributed by atoms with van der Waals surface area (Å²) in [6.45, 7) is 11.2. The van der Waals surface area contributed by atoms with E-state index in [2.05, 4.69) is 32.8 Å². The van der Waals surface area contributed by atoms with E-state index in [0.717, 1.165) is 44.7 Å². The molecule has 3 atom stereocenters. The van der Waals surface area contributed by atoms with Gasteiger partial charge in [-0.25, -0.2) is 4.79 Å². The number of aliphatic hydroxyl groups is 1. The van der Waals surface area contributed by atoms with Gasteiger partial charge in [0, 0.05) is 32.7 Å². The molecule has 0 radical (unpaired) electrons. The number of carbonyl (C=O) groups excluding carboxylic acids is 3. The summed E-state index contributed by atoms with van der Waals surface area (Å²) in [6, 6.07) is 7.64. The number of nitrogens with one attached hydrogen (secondary N) is 3. The van der Waals surface area contributed by atoms with Gasteiger partial charge in [-0.3, -0.25) is 9.59 Å². The molecule has 1 fully saturated rings. The lowest BCUT2D eigenvalue weighted by Crippen LogP contribution is -2.55. The number of hydrogen-bond acceptors (Lipinski definition) is 7. The van der Waals surface area contributed by atoms with Gasteiger partial charge in [0.2, 0.25) is 5.91 Å². The molecule has 10 nitrogen and oxygen atoms in total. The number of nitrogens with zero attached hydrogens (tertiary/aromatic N) is 2. The number of hydrogen-bond donors (Lipinski definition) is 4. The van der Waals surface area contributed by atoms with Crippen molar-refractivity contribution in [3.05, 3.63) is 35.9 Å². The number of alkyl carbamates (subject to hydrolysis) is 1. The first-order chi connectivity index (χ1) is 17.7. The zero-order valence-corrected chi connectivity index (χ0v) is 22.7. The van der Waals surface area contributed by atoms with E-state index in [9.17, 15) is 19.5 Å². The predicted molar refractivity (Wildman–Crippen MR) is 143 cm³/mol. The van der Waals surface area contributed by atoms with Crippen LogP contribution in [0.5, 0.6) is 0 Å². The van der Waals surface area contributed by atoms with Crippen LogP contribution < -0.4 is 16.0 Å². The molecule has 1 aliphatic heterocycles. The zero-order valence-electron chi connectivity index (χ0n) is 22.7. The molecule has 10 heteroatoms. The maximum atomic E-state index is 13.0. The van der Waals surface area contributed by atoms with E-state index < -0.39 is 36.1 Å². The molecule has 0 spiro atoms. The summed E-state index contributed by atoms with van der Waals surface area (Å²) in [5, 5.41) is 18.8. The molecule has 2 rings (SSSR count). The second kappa shape index (κ2) is 16.2. The minimum atomic E-state index is -1.39. The Kier molecular flexibility index (Phi) is 13.4. The van der Waals surface area contributed by atoms with Crippen LogP contribution in [0.15, 0.2) is 30.3 Å². The molecule has 1 aromatic rings. The first kappa shape index (κ1) is 30.5. The van der Waals surface area contributed by atoms with Gasteiger partial charge in [0.05, 0.1) is 6.04 Å². The Hall–Kier alpha value is -2.69. The van der Waals surface area contributed by atoms with Crippen LogP contribution in [0.1, 0.15) is 45.6 Å². The van der Waals surface area contributed by atoms with Gasteiger partial charge in [0.25, 0.3) is 5.91 Å². The summed E-state index contributed by atoms with van der Waals surface area (Å²) in [5.41, 5.74) is 0.839. The van der Waals surface area contributed by atoms with Crippen LogP contribution in [-0.4, -0.2) is 97.3 Å². The van der Waals surface area contributed by atoms with Crippen molar-refractivity contribution in [1.82, 2.24) is 25.8 Å². The minimum absolute atomic E-state index is 0.0912. The zero-order chi connectivity index (χ0) is 27.2. The Balaban J connectivity index is 1.81. The van der Waals surface area contributed by atoms with E-state index in [1.54, 1.807) is 6.92 Å². The molecule has 4 N–H and O–H groups in total. The van der Waals surface area contributed by atoms with Gasteiger partial charge in [0.15, 0.2) is 6.10 Å². The molecular formula is C27H45N5O5. The third kappa shape index (κ3) is 11.5. The molecule has 1 saturated heterocycles. The number of carbonyl (C=O) groups is 3. The van der Waals surface area contributed by atoms with Crippen LogP contribution in [0.3, 0.4) is 0 Å². The van der Waals surface area contributed by atoms with Crippen LogP contribution in [0, 0.1) is 5.92 Å². The van der Waals surface area contributed by atoms with E-state index in [4.69, 9.17) is 4.74 Å². The lowest BCUT2D eigenvalue weighted by molar-refractivity contribution is -0.132. The molecular weight excluding hydrogens is 474 g/mol. The fraction of sp³-hybridized carbons (Fsp3) is 0.667. The summed E-state index contributed by atoms with van der Waals surface area (Å²) in [5.74, 6) is -0.848. The standard InChI is InChI=1S/C27H45N5O5/c1-5-22(24(33)26(35)28-12-9-13-32-16-14-31(4)15-17-32)29-25(34)23(18-20(2)3)30-27(36)37-19-21-10-7-6-8-11-21/h6-8,10-11,20,22-24,33H,5,9,12-19H2,1-4H3,(H,28,35)(H,29,34)(H,30,36)/t22-,23-,24-/m0/s1. The number of piperazine rings is 1. The highest BCUT2D eigenvalue weighted by Gasteiger charge is 2.30. The molecule has 0 aliphatic carbocycles. The topological polar surface area (TPSA) is 123 Å². The summed E-state index contributed by atoms with van der Waals surface area (Å²) >= 11 is 0. The number of rotatable bonds is 14. The molecule has 1 heterocycles. The predicted octanol–water partition coefficient (Wildman–Crippen LogP) is 1.34. The Morgan fingerprint density at radius 3 is 2.32 bits per heavy atom. The van der Waals surface area contributed by atoms with Crippen molar-refractivity contribution < 1.29 is 24.2 Å². The van der Waals surface area contributed by atoms with Crippen molar-refractivity contribution in [3.8, 4) is 0 Å². The number of benzene rings is 1. The van der Waals surface area contributed by atoms with E-state index >= 15 is 0 Å². The molecule has 37 heavy (non-hydrogen) atoms. The Bertz CT molecular complexity index is 830. The fourth-order valence-electron chi connectivity index (χ4n) is 4.17. The number of aliphatic hydroxyl groups excluding tert-OH is 1. The Labute approximate surface area is 221 Å². The van der Waals surface area contributed by atoms with Crippen LogP contribution >= 0.6 is 0 Å². The van der Waals surface area contributed by atoms with E-state index in [-0.39, 0.29) is 12.5 Å². The highest BCUT2D eigenvalue weighted by Crippen LogP contribution is 2.09. The number of amides is 3. The largest absolute Gasteiger partial charge is 0.445 e. The number of ether oxygens (including phenoxy) is 1. The Morgan fingerprint density at radius 2 is 1.70 bits per heavy atom. The highest BCUT2D eigenvalue weighted by atomic mass is 16.5. The fourth-order valence-corrected chi connectivity index (χ4v) is 4.17. The van der Waals surface area contributed by atoms with Crippen molar-refractivity contribution in [1.29, 1.82) is 0 Å². The maximum Gasteiger partial charge on any atom is 0.408 e. The van der Waals surface area contributed by atoms with Crippen molar-refractivity contribution in [2.45, 2.75) is 64.8 Å². The molecule has 1 aromatic carbocycles. The normalized spacial score (nSPS) is 17.0. The monoisotopic (exact) mass is 519 g/mol.